The van der Waals surface area contributed by atoms with Crippen molar-refractivity contribution < 1.29 is 18.4 Å². The maximum Gasteiger partial charge on any atom is 0.128 e. The number of methoxy groups -OCH3 is 2. The second-order valence-corrected chi connectivity index (χ2v) is 11.9. The number of benzene rings is 1. The van der Waals surface area contributed by atoms with E-state index in [1.165, 1.54) is 12.8 Å². The summed E-state index contributed by atoms with van der Waals surface area (Å²) in [6, 6.07) is 4.70. The van der Waals surface area contributed by atoms with Gasteiger partial charge >= 0.3 is 0 Å². The first-order valence-corrected chi connectivity index (χ1v) is 14.6. The molecule has 1 aromatic carbocycles. The quantitative estimate of drug-likeness (QED) is 0.399. The van der Waals surface area contributed by atoms with Crippen LogP contribution < -0.4 is 4.74 Å². The van der Waals surface area contributed by atoms with Crippen molar-refractivity contribution in [2.45, 2.75) is 43.7 Å². The number of likely N-dealkylation sites (tertiary alicyclic amines) is 1. The van der Waals surface area contributed by atoms with Crippen LogP contribution in [0, 0.1) is 13.8 Å². The van der Waals surface area contributed by atoms with Gasteiger partial charge in [-0.3, -0.25) is 4.90 Å². The summed E-state index contributed by atoms with van der Waals surface area (Å²) in [5.74, 6) is 2.76. The monoisotopic (exact) mass is 513 g/mol. The van der Waals surface area contributed by atoms with Crippen LogP contribution in [0.3, 0.4) is 0 Å². The Kier molecular flexibility index (Phi) is 11.6. The first kappa shape index (κ1) is 27.9. The SMILES string of the molecule is COCCN(CCOCC1CSCCN1S(=O)c1c(C)cc(OC)cc1C)C1CCN(C)CC1. The largest absolute Gasteiger partial charge is 0.497 e. The van der Waals surface area contributed by atoms with Crippen LogP contribution in [0.15, 0.2) is 17.0 Å². The van der Waals surface area contributed by atoms with Gasteiger partial charge in [-0.2, -0.15) is 11.8 Å². The van der Waals surface area contributed by atoms with Gasteiger partial charge in [0, 0.05) is 44.3 Å². The van der Waals surface area contributed by atoms with E-state index in [4.69, 9.17) is 14.2 Å². The molecule has 0 aliphatic carbocycles. The highest BCUT2D eigenvalue weighted by atomic mass is 32.2. The van der Waals surface area contributed by atoms with Crippen molar-refractivity contribution in [3.63, 3.8) is 0 Å². The van der Waals surface area contributed by atoms with E-state index in [-0.39, 0.29) is 6.04 Å². The lowest BCUT2D eigenvalue weighted by atomic mass is 10.0. The van der Waals surface area contributed by atoms with Crippen LogP contribution in [0.2, 0.25) is 0 Å². The van der Waals surface area contributed by atoms with Crippen molar-refractivity contribution in [1.29, 1.82) is 0 Å². The molecule has 2 aliphatic rings. The van der Waals surface area contributed by atoms with Crippen molar-refractivity contribution in [2.24, 2.45) is 0 Å². The summed E-state index contributed by atoms with van der Waals surface area (Å²) >= 11 is 1.92. The van der Waals surface area contributed by atoms with Crippen LogP contribution in [0.5, 0.6) is 5.75 Å². The summed E-state index contributed by atoms with van der Waals surface area (Å²) < 4.78 is 32.7. The van der Waals surface area contributed by atoms with Gasteiger partial charge in [-0.1, -0.05) is 0 Å². The maximum absolute atomic E-state index is 13.6. The van der Waals surface area contributed by atoms with Crippen molar-refractivity contribution in [3.05, 3.63) is 23.3 Å². The molecule has 9 heteroatoms. The first-order chi connectivity index (χ1) is 16.4. The highest BCUT2D eigenvalue weighted by Crippen LogP contribution is 2.29. The molecule has 194 valence electrons. The third kappa shape index (κ3) is 7.66. The molecule has 2 heterocycles. The Morgan fingerprint density at radius 1 is 1.09 bits per heavy atom. The van der Waals surface area contributed by atoms with Crippen LogP contribution >= 0.6 is 11.8 Å². The number of ether oxygens (including phenoxy) is 3. The Morgan fingerprint density at radius 2 is 1.76 bits per heavy atom. The number of rotatable bonds is 12. The predicted molar refractivity (Wildman–Crippen MR) is 141 cm³/mol. The molecule has 7 nitrogen and oxygen atoms in total. The van der Waals surface area contributed by atoms with Crippen molar-refractivity contribution in [2.75, 3.05) is 85.3 Å². The molecule has 0 aromatic heterocycles. The summed E-state index contributed by atoms with van der Waals surface area (Å²) in [6.07, 6.45) is 2.40. The van der Waals surface area contributed by atoms with Gasteiger partial charge in [-0.05, 0) is 70.1 Å². The Balaban J connectivity index is 1.56. The van der Waals surface area contributed by atoms with Crippen LogP contribution in [0.25, 0.3) is 0 Å². The highest BCUT2D eigenvalue weighted by Gasteiger charge is 2.30. The number of hydrogen-bond donors (Lipinski definition) is 0. The zero-order valence-corrected chi connectivity index (χ0v) is 23.2. The molecule has 0 bridgehead atoms. The summed E-state index contributed by atoms with van der Waals surface area (Å²) in [5, 5.41) is 0. The topological polar surface area (TPSA) is 54.5 Å². The van der Waals surface area contributed by atoms with Crippen LogP contribution in [0.1, 0.15) is 24.0 Å². The van der Waals surface area contributed by atoms with Crippen LogP contribution in [-0.4, -0.2) is 116 Å². The Hall–Kier alpha value is -0.680. The molecule has 2 atom stereocenters. The molecule has 0 N–H and O–H groups in total. The van der Waals surface area contributed by atoms with Crippen molar-refractivity contribution in [1.82, 2.24) is 14.1 Å². The zero-order valence-electron chi connectivity index (χ0n) is 21.6. The second kappa shape index (κ2) is 14.2. The van der Waals surface area contributed by atoms with Gasteiger partial charge in [0.15, 0.2) is 0 Å². The van der Waals surface area contributed by atoms with Gasteiger partial charge in [-0.15, -0.1) is 0 Å². The minimum atomic E-state index is -1.21. The van der Waals surface area contributed by atoms with Gasteiger partial charge in [0.25, 0.3) is 0 Å². The smallest absolute Gasteiger partial charge is 0.128 e. The van der Waals surface area contributed by atoms with E-state index in [0.29, 0.717) is 19.3 Å². The average Bonchev–Trinajstić information content (AvgIpc) is 2.84. The molecule has 2 aliphatic heterocycles. The summed E-state index contributed by atoms with van der Waals surface area (Å²) in [4.78, 5) is 5.85. The third-order valence-corrected chi connectivity index (χ3v) is 9.84. The second-order valence-electron chi connectivity index (χ2n) is 9.35. The number of nitrogens with zero attached hydrogens (tertiary/aromatic N) is 3. The molecule has 1 aromatic rings. The van der Waals surface area contributed by atoms with E-state index in [0.717, 1.165) is 72.6 Å². The van der Waals surface area contributed by atoms with Crippen LogP contribution in [-0.2, 0) is 20.5 Å². The van der Waals surface area contributed by atoms with E-state index in [9.17, 15) is 4.21 Å². The highest BCUT2D eigenvalue weighted by molar-refractivity contribution is 7.99. The van der Waals surface area contributed by atoms with Gasteiger partial charge < -0.3 is 19.1 Å². The zero-order chi connectivity index (χ0) is 24.5. The van der Waals surface area contributed by atoms with Crippen molar-refractivity contribution in [3.8, 4) is 5.75 Å². The molecule has 0 amide bonds. The molecule has 3 rings (SSSR count). The summed E-state index contributed by atoms with van der Waals surface area (Å²) in [5.41, 5.74) is 2.03. The fourth-order valence-corrected chi connectivity index (χ4v) is 7.67. The lowest BCUT2D eigenvalue weighted by Gasteiger charge is -2.37. The first-order valence-electron chi connectivity index (χ1n) is 12.3. The standard InChI is InChI=1S/C25H43N3O4S2/c1-20-16-24(31-5)17-21(2)25(20)34(29)28-12-15-33-19-23(28)18-32-14-11-27(10-13-30-4)22-6-8-26(3)9-7-22/h16-17,22-23H,6-15,18-19H2,1-5H3. The van der Waals surface area contributed by atoms with Gasteiger partial charge in [-0.25, -0.2) is 8.51 Å². The molecule has 0 spiro atoms. The Bertz CT molecular complexity index is 766. The third-order valence-electron chi connectivity index (χ3n) is 6.85. The molecular weight excluding hydrogens is 470 g/mol. The fourth-order valence-electron chi connectivity index (χ4n) is 4.86. The van der Waals surface area contributed by atoms with E-state index < -0.39 is 11.0 Å². The summed E-state index contributed by atoms with van der Waals surface area (Å²) in [7, 11) is 4.43. The average molecular weight is 514 g/mol. The molecule has 2 unspecified atom stereocenters. The summed E-state index contributed by atoms with van der Waals surface area (Å²) in [6.45, 7) is 11.1. The van der Waals surface area contributed by atoms with Gasteiger partial charge in [0.2, 0.25) is 0 Å². The lowest BCUT2D eigenvalue weighted by Crippen LogP contribution is -2.47. The molecule has 34 heavy (non-hydrogen) atoms. The van der Waals surface area contributed by atoms with Gasteiger partial charge in [0.1, 0.15) is 16.7 Å². The molecule has 0 radical (unpaired) electrons. The van der Waals surface area contributed by atoms with Crippen molar-refractivity contribution >= 4 is 22.7 Å². The minimum absolute atomic E-state index is 0.149. The molecule has 2 saturated heterocycles. The molecule has 0 saturated carbocycles. The lowest BCUT2D eigenvalue weighted by molar-refractivity contribution is 0.0394. The maximum atomic E-state index is 13.6. The predicted octanol–water partition coefficient (Wildman–Crippen LogP) is 2.81. The number of piperidine rings is 1. The van der Waals surface area contributed by atoms with E-state index >= 15 is 0 Å². The number of hydrogen-bond acceptors (Lipinski definition) is 7. The normalized spacial score (nSPS) is 21.8. The Labute approximate surface area is 213 Å². The molecular formula is C25H43N3O4S2. The number of thioether (sulfide) groups is 1. The minimum Gasteiger partial charge on any atom is -0.497 e. The fraction of sp³-hybridized carbons (Fsp3) is 0.760. The van der Waals surface area contributed by atoms with E-state index in [2.05, 4.69) is 21.2 Å². The van der Waals surface area contributed by atoms with E-state index in [1.807, 2.05) is 37.7 Å². The molecule has 2 fully saturated rings. The van der Waals surface area contributed by atoms with Gasteiger partial charge in [0.05, 0.1) is 37.9 Å². The Morgan fingerprint density at radius 3 is 2.41 bits per heavy atom. The van der Waals surface area contributed by atoms with E-state index in [1.54, 1.807) is 14.2 Å². The van der Waals surface area contributed by atoms with Crippen LogP contribution in [0.4, 0.5) is 0 Å². The number of aryl methyl sites for hydroxylation is 2.